The van der Waals surface area contributed by atoms with E-state index in [1.54, 1.807) is 0 Å². The van der Waals surface area contributed by atoms with Crippen molar-refractivity contribution in [3.05, 3.63) is 187 Å². The SMILES string of the molecule is c1ccc2c(c1)CCc1cc(-c3nc(-c4ccc(-c5ccc6ccccc6c5)cc4)nc(-c4ccccc4-c4cccc5oc6ccccc6c45)n3)ccc1-2. The standard InChI is InChI=1S/C51H33N3O/c1-2-12-36-30-37(26-22-32(36)10-1)33-20-24-35(25-21-33)49-52-50(39-28-29-41-38(31-39)27-23-34-11-3-4-13-40(34)41)54-51(53-49)44-15-6-5-14-42(44)43-17-9-19-47-48(43)45-16-7-8-18-46(45)55-47/h1-22,24-26,28-31H,23,27H2. The summed E-state index contributed by atoms with van der Waals surface area (Å²) in [6.07, 6.45) is 2.00. The van der Waals surface area contributed by atoms with Crippen molar-refractivity contribution in [1.82, 2.24) is 15.0 Å². The molecule has 0 bridgehead atoms. The Hall–Kier alpha value is -7.17. The number of hydrogen-bond donors (Lipinski definition) is 0. The molecule has 4 nitrogen and oxygen atoms in total. The van der Waals surface area contributed by atoms with Gasteiger partial charge in [0.25, 0.3) is 0 Å². The predicted octanol–water partition coefficient (Wildman–Crippen LogP) is 13.0. The molecule has 0 amide bonds. The van der Waals surface area contributed by atoms with E-state index in [4.69, 9.17) is 19.4 Å². The quantitative estimate of drug-likeness (QED) is 0.179. The highest BCUT2D eigenvalue weighted by Gasteiger charge is 2.21. The normalized spacial score (nSPS) is 12.2. The summed E-state index contributed by atoms with van der Waals surface area (Å²) in [5.41, 5.74) is 14.3. The van der Waals surface area contributed by atoms with Crippen LogP contribution < -0.4 is 0 Å². The summed E-state index contributed by atoms with van der Waals surface area (Å²) in [5, 5.41) is 4.63. The Bertz CT molecular complexity index is 3100. The predicted molar refractivity (Wildman–Crippen MR) is 225 cm³/mol. The molecule has 0 atom stereocenters. The highest BCUT2D eigenvalue weighted by Crippen LogP contribution is 2.41. The Labute approximate surface area is 318 Å². The lowest BCUT2D eigenvalue weighted by Gasteiger charge is -2.20. The van der Waals surface area contributed by atoms with E-state index < -0.39 is 0 Å². The summed E-state index contributed by atoms with van der Waals surface area (Å²) in [4.78, 5) is 15.7. The van der Waals surface area contributed by atoms with Gasteiger partial charge in [0.05, 0.1) is 0 Å². The summed E-state index contributed by atoms with van der Waals surface area (Å²) in [5.74, 6) is 1.92. The van der Waals surface area contributed by atoms with Gasteiger partial charge in [-0.15, -0.1) is 0 Å². The minimum Gasteiger partial charge on any atom is -0.456 e. The topological polar surface area (TPSA) is 51.8 Å². The molecule has 258 valence electrons. The first-order chi connectivity index (χ1) is 27.2. The molecule has 0 N–H and O–H groups in total. The molecule has 0 aliphatic heterocycles. The van der Waals surface area contributed by atoms with Crippen molar-refractivity contribution in [3.63, 3.8) is 0 Å². The number of rotatable bonds is 5. The number of fused-ring (bicyclic) bond motifs is 7. The zero-order chi connectivity index (χ0) is 36.3. The van der Waals surface area contributed by atoms with E-state index in [1.807, 2.05) is 18.2 Å². The molecule has 1 aliphatic carbocycles. The first-order valence-corrected chi connectivity index (χ1v) is 18.8. The summed E-state index contributed by atoms with van der Waals surface area (Å²) < 4.78 is 6.30. The zero-order valence-corrected chi connectivity index (χ0v) is 29.9. The molecule has 0 spiro atoms. The third-order valence-corrected chi connectivity index (χ3v) is 11.1. The van der Waals surface area contributed by atoms with Crippen molar-refractivity contribution in [2.75, 3.05) is 0 Å². The fraction of sp³-hybridized carbons (Fsp3) is 0.0392. The molecule has 55 heavy (non-hydrogen) atoms. The van der Waals surface area contributed by atoms with Gasteiger partial charge in [-0.25, -0.2) is 15.0 Å². The first kappa shape index (κ1) is 31.4. The molecule has 1 aliphatic rings. The maximum Gasteiger partial charge on any atom is 0.164 e. The molecular weight excluding hydrogens is 671 g/mol. The van der Waals surface area contributed by atoms with E-state index in [1.165, 1.54) is 38.6 Å². The second-order valence-corrected chi connectivity index (χ2v) is 14.3. The highest BCUT2D eigenvalue weighted by atomic mass is 16.3. The lowest BCUT2D eigenvalue weighted by atomic mass is 9.85. The van der Waals surface area contributed by atoms with Crippen LogP contribution in [0, 0.1) is 0 Å². The highest BCUT2D eigenvalue weighted by molar-refractivity contribution is 6.13. The van der Waals surface area contributed by atoms with Crippen LogP contribution >= 0.6 is 0 Å². The second kappa shape index (κ2) is 12.8. The summed E-state index contributed by atoms with van der Waals surface area (Å²) in [6.45, 7) is 0. The van der Waals surface area contributed by atoms with Crippen LogP contribution in [0.4, 0.5) is 0 Å². The van der Waals surface area contributed by atoms with Crippen LogP contribution in [0.3, 0.4) is 0 Å². The molecule has 0 fully saturated rings. The van der Waals surface area contributed by atoms with Gasteiger partial charge >= 0.3 is 0 Å². The molecular formula is C51H33N3O. The van der Waals surface area contributed by atoms with Crippen LogP contribution in [0.5, 0.6) is 0 Å². The number of hydrogen-bond acceptors (Lipinski definition) is 4. The molecule has 11 rings (SSSR count). The van der Waals surface area contributed by atoms with Crippen LogP contribution in [-0.4, -0.2) is 15.0 Å². The minimum absolute atomic E-state index is 0.627. The Balaban J connectivity index is 1.07. The third kappa shape index (κ3) is 5.42. The van der Waals surface area contributed by atoms with Gasteiger partial charge in [-0.3, -0.25) is 0 Å². The Morgan fingerprint density at radius 2 is 0.945 bits per heavy atom. The van der Waals surface area contributed by atoms with Crippen molar-refractivity contribution < 1.29 is 4.42 Å². The number of aromatic nitrogens is 3. The molecule has 2 aromatic heterocycles. The number of aryl methyl sites for hydroxylation is 2. The van der Waals surface area contributed by atoms with Crippen LogP contribution in [-0.2, 0) is 12.8 Å². The van der Waals surface area contributed by atoms with Gasteiger partial charge in [0.1, 0.15) is 11.2 Å². The zero-order valence-electron chi connectivity index (χ0n) is 29.9. The Kier molecular flexibility index (Phi) is 7.27. The van der Waals surface area contributed by atoms with E-state index in [2.05, 4.69) is 158 Å². The van der Waals surface area contributed by atoms with Gasteiger partial charge in [0.2, 0.25) is 0 Å². The van der Waals surface area contributed by atoms with Crippen LogP contribution in [0.2, 0.25) is 0 Å². The van der Waals surface area contributed by atoms with E-state index in [9.17, 15) is 0 Å². The minimum atomic E-state index is 0.627. The summed E-state index contributed by atoms with van der Waals surface area (Å²) >= 11 is 0. The smallest absolute Gasteiger partial charge is 0.164 e. The number of para-hydroxylation sites is 1. The maximum absolute atomic E-state index is 6.30. The average molecular weight is 704 g/mol. The van der Waals surface area contributed by atoms with Gasteiger partial charge in [0.15, 0.2) is 17.5 Å². The van der Waals surface area contributed by atoms with E-state index >= 15 is 0 Å². The van der Waals surface area contributed by atoms with Gasteiger partial charge in [0, 0.05) is 27.5 Å². The average Bonchev–Trinajstić information content (AvgIpc) is 3.65. The van der Waals surface area contributed by atoms with E-state index in [-0.39, 0.29) is 0 Å². The lowest BCUT2D eigenvalue weighted by Crippen LogP contribution is -2.05. The largest absolute Gasteiger partial charge is 0.456 e. The molecule has 0 saturated carbocycles. The lowest BCUT2D eigenvalue weighted by molar-refractivity contribution is 0.669. The van der Waals surface area contributed by atoms with Gasteiger partial charge in [-0.1, -0.05) is 152 Å². The van der Waals surface area contributed by atoms with Gasteiger partial charge < -0.3 is 4.42 Å². The third-order valence-electron chi connectivity index (χ3n) is 11.1. The Morgan fingerprint density at radius 3 is 1.84 bits per heavy atom. The van der Waals surface area contributed by atoms with Crippen molar-refractivity contribution >= 4 is 32.7 Å². The molecule has 8 aromatic carbocycles. The van der Waals surface area contributed by atoms with Crippen LogP contribution in [0.25, 0.3) is 100 Å². The molecule has 2 heterocycles. The fourth-order valence-corrected chi connectivity index (χ4v) is 8.32. The van der Waals surface area contributed by atoms with Crippen LogP contribution in [0.15, 0.2) is 180 Å². The van der Waals surface area contributed by atoms with Crippen molar-refractivity contribution in [2.24, 2.45) is 0 Å². The molecule has 0 unspecified atom stereocenters. The number of furan rings is 1. The molecule has 10 aromatic rings. The second-order valence-electron chi connectivity index (χ2n) is 14.3. The van der Waals surface area contributed by atoms with Crippen molar-refractivity contribution in [3.8, 4) is 67.5 Å². The fourth-order valence-electron chi connectivity index (χ4n) is 8.32. The van der Waals surface area contributed by atoms with E-state index in [0.717, 1.165) is 68.2 Å². The van der Waals surface area contributed by atoms with Gasteiger partial charge in [-0.05, 0) is 92.4 Å². The van der Waals surface area contributed by atoms with E-state index in [0.29, 0.717) is 17.5 Å². The number of benzene rings is 8. The summed E-state index contributed by atoms with van der Waals surface area (Å²) in [7, 11) is 0. The Morgan fingerprint density at radius 1 is 0.345 bits per heavy atom. The molecule has 0 radical (unpaired) electrons. The number of nitrogens with zero attached hydrogens (tertiary/aromatic N) is 3. The monoisotopic (exact) mass is 703 g/mol. The van der Waals surface area contributed by atoms with Crippen LogP contribution in [0.1, 0.15) is 11.1 Å². The van der Waals surface area contributed by atoms with Gasteiger partial charge in [-0.2, -0.15) is 0 Å². The summed E-state index contributed by atoms with van der Waals surface area (Å²) in [6, 6.07) is 62.0. The van der Waals surface area contributed by atoms with Crippen molar-refractivity contribution in [1.29, 1.82) is 0 Å². The maximum atomic E-state index is 6.30. The molecule has 4 heteroatoms. The van der Waals surface area contributed by atoms with Crippen molar-refractivity contribution in [2.45, 2.75) is 12.8 Å². The first-order valence-electron chi connectivity index (χ1n) is 18.8. The molecule has 0 saturated heterocycles.